The van der Waals surface area contributed by atoms with Crippen LogP contribution in [0.25, 0.3) is 0 Å². The van der Waals surface area contributed by atoms with Crippen molar-refractivity contribution in [3.05, 3.63) is 35.4 Å². The largest absolute Gasteiger partial charge is 0.340 e. The molecule has 1 aromatic rings. The molecule has 0 spiro atoms. The Bertz CT molecular complexity index is 524. The maximum absolute atomic E-state index is 12.4. The number of hydrogen-bond donors (Lipinski definition) is 1. The molecule has 1 aliphatic rings. The Morgan fingerprint density at radius 2 is 2.14 bits per heavy atom. The van der Waals surface area contributed by atoms with E-state index in [1.807, 2.05) is 36.2 Å². The fourth-order valence-corrected chi connectivity index (χ4v) is 3.69. The Kier molecular flexibility index (Phi) is 6.16. The van der Waals surface area contributed by atoms with Gasteiger partial charge in [-0.05, 0) is 36.3 Å². The van der Waals surface area contributed by atoms with Crippen LogP contribution in [0.2, 0.25) is 0 Å². The molecule has 1 fully saturated rings. The summed E-state index contributed by atoms with van der Waals surface area (Å²) >= 11 is 1.80. The van der Waals surface area contributed by atoms with Crippen LogP contribution in [-0.2, 0) is 11.3 Å². The van der Waals surface area contributed by atoms with E-state index >= 15 is 0 Å². The van der Waals surface area contributed by atoms with Crippen LogP contribution in [0.4, 0.5) is 0 Å². The number of amides is 1. The van der Waals surface area contributed by atoms with Crippen LogP contribution < -0.4 is 5.73 Å². The molecule has 112 valence electrons. The quantitative estimate of drug-likeness (QED) is 0.871. The average Bonchev–Trinajstić information content (AvgIpc) is 2.54. The predicted octanol–water partition coefficient (Wildman–Crippen LogP) is 2.24. The molecular formula is C17H22N2OS. The second-order valence-corrected chi connectivity index (χ2v) is 6.56. The van der Waals surface area contributed by atoms with Crippen LogP contribution in [-0.4, -0.2) is 35.4 Å². The highest BCUT2D eigenvalue weighted by molar-refractivity contribution is 8.00. The minimum atomic E-state index is 0.151. The number of rotatable bonds is 3. The van der Waals surface area contributed by atoms with Gasteiger partial charge in [0.05, 0.1) is 11.8 Å². The van der Waals surface area contributed by atoms with E-state index < -0.39 is 0 Å². The topological polar surface area (TPSA) is 46.3 Å². The van der Waals surface area contributed by atoms with Gasteiger partial charge in [-0.3, -0.25) is 4.79 Å². The fourth-order valence-electron chi connectivity index (χ4n) is 2.38. The third-order valence-corrected chi connectivity index (χ3v) is 4.90. The van der Waals surface area contributed by atoms with E-state index in [1.165, 1.54) is 12.8 Å². The Morgan fingerprint density at radius 3 is 2.76 bits per heavy atom. The maximum Gasteiger partial charge on any atom is 0.235 e. The van der Waals surface area contributed by atoms with Gasteiger partial charge in [-0.25, -0.2) is 0 Å². The molecule has 1 aromatic carbocycles. The molecule has 0 radical (unpaired) electrons. The molecule has 0 bridgehead atoms. The van der Waals surface area contributed by atoms with Crippen LogP contribution in [0.1, 0.15) is 30.4 Å². The van der Waals surface area contributed by atoms with Gasteiger partial charge in [0.25, 0.3) is 0 Å². The molecule has 2 rings (SSSR count). The summed E-state index contributed by atoms with van der Waals surface area (Å²) in [4.78, 5) is 14.2. The van der Waals surface area contributed by atoms with Gasteiger partial charge >= 0.3 is 0 Å². The van der Waals surface area contributed by atoms with E-state index in [2.05, 4.69) is 11.8 Å². The highest BCUT2D eigenvalue weighted by Crippen LogP contribution is 2.26. The molecule has 1 amide bonds. The summed E-state index contributed by atoms with van der Waals surface area (Å²) < 4.78 is 0. The number of thioether (sulfide) groups is 1. The monoisotopic (exact) mass is 302 g/mol. The SMILES string of the molecule is CN(Cc1ccc(C#CCN)cc1)C(=O)C1CCCCS1. The number of nitrogens with two attached hydrogens (primary N) is 1. The van der Waals surface area contributed by atoms with Gasteiger partial charge in [-0.15, -0.1) is 11.8 Å². The maximum atomic E-state index is 12.4. The molecule has 2 N–H and O–H groups in total. The average molecular weight is 302 g/mol. The highest BCUT2D eigenvalue weighted by atomic mass is 32.2. The van der Waals surface area contributed by atoms with Crippen molar-refractivity contribution in [2.24, 2.45) is 5.73 Å². The van der Waals surface area contributed by atoms with Crippen molar-refractivity contribution < 1.29 is 4.79 Å². The number of hydrogen-bond acceptors (Lipinski definition) is 3. The molecule has 0 aliphatic carbocycles. The molecule has 0 aromatic heterocycles. The van der Waals surface area contributed by atoms with Crippen molar-refractivity contribution in [2.75, 3.05) is 19.3 Å². The van der Waals surface area contributed by atoms with E-state index in [-0.39, 0.29) is 11.2 Å². The van der Waals surface area contributed by atoms with Crippen molar-refractivity contribution in [1.82, 2.24) is 4.90 Å². The molecule has 1 aliphatic heterocycles. The Morgan fingerprint density at radius 1 is 1.38 bits per heavy atom. The van der Waals surface area contributed by atoms with E-state index in [9.17, 15) is 4.79 Å². The summed E-state index contributed by atoms with van der Waals surface area (Å²) in [5.41, 5.74) is 7.45. The second-order valence-electron chi connectivity index (χ2n) is 5.25. The molecule has 0 saturated carbocycles. The molecule has 1 atom stereocenters. The smallest absolute Gasteiger partial charge is 0.235 e. The van der Waals surface area contributed by atoms with Crippen molar-refractivity contribution in [3.63, 3.8) is 0 Å². The Balaban J connectivity index is 1.92. The van der Waals surface area contributed by atoms with Crippen LogP contribution in [0.3, 0.4) is 0 Å². The third kappa shape index (κ3) is 4.80. The van der Waals surface area contributed by atoms with Gasteiger partial charge < -0.3 is 10.6 Å². The predicted molar refractivity (Wildman–Crippen MR) is 88.9 cm³/mol. The third-order valence-electron chi connectivity index (χ3n) is 3.54. The lowest BCUT2D eigenvalue weighted by molar-refractivity contribution is -0.130. The molecule has 4 heteroatoms. The van der Waals surface area contributed by atoms with Crippen molar-refractivity contribution in [3.8, 4) is 11.8 Å². The lowest BCUT2D eigenvalue weighted by Crippen LogP contribution is -2.35. The summed E-state index contributed by atoms with van der Waals surface area (Å²) in [6.45, 7) is 1.03. The first kappa shape index (κ1) is 15.9. The normalized spacial score (nSPS) is 17.7. The lowest BCUT2D eigenvalue weighted by atomic mass is 10.1. The zero-order valence-corrected chi connectivity index (χ0v) is 13.3. The van der Waals surface area contributed by atoms with Gasteiger partial charge in [0.15, 0.2) is 0 Å². The van der Waals surface area contributed by atoms with Gasteiger partial charge in [0, 0.05) is 19.2 Å². The number of nitrogens with zero attached hydrogens (tertiary/aromatic N) is 1. The van der Waals surface area contributed by atoms with Gasteiger partial charge in [-0.2, -0.15) is 0 Å². The minimum absolute atomic E-state index is 0.151. The zero-order chi connectivity index (χ0) is 15.1. The summed E-state index contributed by atoms with van der Waals surface area (Å²) in [7, 11) is 1.89. The van der Waals surface area contributed by atoms with E-state index in [4.69, 9.17) is 5.73 Å². The van der Waals surface area contributed by atoms with Crippen molar-refractivity contribution in [2.45, 2.75) is 31.1 Å². The van der Waals surface area contributed by atoms with Gasteiger partial charge in [0.2, 0.25) is 5.91 Å². The fraction of sp³-hybridized carbons (Fsp3) is 0.471. The molecule has 3 nitrogen and oxygen atoms in total. The zero-order valence-electron chi connectivity index (χ0n) is 12.5. The van der Waals surface area contributed by atoms with Crippen LogP contribution >= 0.6 is 11.8 Å². The van der Waals surface area contributed by atoms with Crippen molar-refractivity contribution in [1.29, 1.82) is 0 Å². The number of carbonyl (C=O) groups is 1. The molecule has 1 saturated heterocycles. The standard InChI is InChI=1S/C17H22N2OS/c1-19(17(20)16-6-2-3-12-21-16)13-15-9-7-14(8-10-15)5-4-11-18/h7-10,16H,2-3,6,11-13,18H2,1H3. The first-order valence-corrected chi connectivity index (χ1v) is 8.40. The van der Waals surface area contributed by atoms with E-state index in [0.717, 1.165) is 23.3 Å². The van der Waals surface area contributed by atoms with Gasteiger partial charge in [0.1, 0.15) is 0 Å². The number of carbonyl (C=O) groups excluding carboxylic acids is 1. The molecule has 1 heterocycles. The van der Waals surface area contributed by atoms with E-state index in [1.54, 1.807) is 11.8 Å². The molecular weight excluding hydrogens is 280 g/mol. The second kappa shape index (κ2) is 8.11. The first-order chi connectivity index (χ1) is 10.2. The van der Waals surface area contributed by atoms with E-state index in [0.29, 0.717) is 13.1 Å². The Hall–Kier alpha value is -1.44. The van der Waals surface area contributed by atoms with Crippen molar-refractivity contribution >= 4 is 17.7 Å². The summed E-state index contributed by atoms with van der Waals surface area (Å²) in [5.74, 6) is 7.20. The summed E-state index contributed by atoms with van der Waals surface area (Å²) in [6.07, 6.45) is 3.43. The molecule has 1 unspecified atom stereocenters. The van der Waals surface area contributed by atoms with Crippen LogP contribution in [0.5, 0.6) is 0 Å². The minimum Gasteiger partial charge on any atom is -0.340 e. The van der Waals surface area contributed by atoms with Crippen LogP contribution in [0, 0.1) is 11.8 Å². The lowest BCUT2D eigenvalue weighted by Gasteiger charge is -2.26. The number of benzene rings is 1. The summed E-state index contributed by atoms with van der Waals surface area (Å²) in [5, 5.41) is 0.151. The van der Waals surface area contributed by atoms with Crippen LogP contribution in [0.15, 0.2) is 24.3 Å². The molecule has 21 heavy (non-hydrogen) atoms. The Labute approximate surface area is 131 Å². The first-order valence-electron chi connectivity index (χ1n) is 7.35. The summed E-state index contributed by atoms with van der Waals surface area (Å²) in [6, 6.07) is 8.01. The van der Waals surface area contributed by atoms with Gasteiger partial charge in [-0.1, -0.05) is 30.4 Å². The highest BCUT2D eigenvalue weighted by Gasteiger charge is 2.24.